The normalized spacial score (nSPS) is 10.9. The molecule has 0 unspecified atom stereocenters. The molecule has 0 N–H and O–H groups in total. The van der Waals surface area contributed by atoms with E-state index in [0.717, 1.165) is 16.7 Å². The highest BCUT2D eigenvalue weighted by Crippen LogP contribution is 2.24. The molecule has 0 saturated carbocycles. The average molecular weight is 377 g/mol. The lowest BCUT2D eigenvalue weighted by molar-refractivity contribution is 0.0764. The minimum absolute atomic E-state index is 0.150. The third-order valence-corrected chi connectivity index (χ3v) is 4.28. The second-order valence-electron chi connectivity index (χ2n) is 6.47. The number of aryl methyl sites for hydroxylation is 1. The summed E-state index contributed by atoms with van der Waals surface area (Å²) in [4.78, 5) is 18.4. The molecule has 0 atom stereocenters. The quantitative estimate of drug-likeness (QED) is 0.506. The van der Waals surface area contributed by atoms with Gasteiger partial charge in [0, 0.05) is 24.7 Å². The fraction of sp³-hybridized carbons (Fsp3) is 0.190. The van der Waals surface area contributed by atoms with Crippen molar-refractivity contribution in [2.45, 2.75) is 20.1 Å². The predicted molar refractivity (Wildman–Crippen MR) is 102 cm³/mol. The highest BCUT2D eigenvalue weighted by Gasteiger charge is 2.18. The van der Waals surface area contributed by atoms with Gasteiger partial charge in [-0.05, 0) is 31.2 Å². The molecule has 0 aliphatic heterocycles. The molecular formula is C21H19N3O4. The Morgan fingerprint density at radius 3 is 2.82 bits per heavy atom. The molecular weight excluding hydrogens is 358 g/mol. The number of hydrogen-bond donors (Lipinski definition) is 0. The topological polar surface area (TPSA) is 81.6 Å². The molecule has 0 radical (unpaired) electrons. The molecule has 1 aromatic carbocycles. The van der Waals surface area contributed by atoms with Crippen LogP contribution in [0.4, 0.5) is 0 Å². The van der Waals surface area contributed by atoms with E-state index in [0.29, 0.717) is 23.8 Å². The molecule has 7 nitrogen and oxygen atoms in total. The number of pyridine rings is 1. The molecule has 0 bridgehead atoms. The Kier molecular flexibility index (Phi) is 4.80. The van der Waals surface area contributed by atoms with Crippen molar-refractivity contribution < 1.29 is 18.5 Å². The van der Waals surface area contributed by atoms with E-state index in [-0.39, 0.29) is 18.2 Å². The Morgan fingerprint density at radius 1 is 1.14 bits per heavy atom. The van der Waals surface area contributed by atoms with Crippen LogP contribution in [0.5, 0.6) is 5.75 Å². The molecule has 142 valence electrons. The van der Waals surface area contributed by atoms with Gasteiger partial charge in [0.15, 0.2) is 11.5 Å². The van der Waals surface area contributed by atoms with Crippen LogP contribution in [0.2, 0.25) is 0 Å². The first-order valence-corrected chi connectivity index (χ1v) is 8.83. The minimum atomic E-state index is -0.254. The SMILES string of the molecule is Cc1ccc(CN(C)C(=O)c2cc(COc3cccc4cccnc34)on2)o1. The highest BCUT2D eigenvalue weighted by atomic mass is 16.5. The Morgan fingerprint density at radius 2 is 2.00 bits per heavy atom. The van der Waals surface area contributed by atoms with Gasteiger partial charge in [0.1, 0.15) is 29.4 Å². The lowest BCUT2D eigenvalue weighted by Gasteiger charge is -2.13. The number of ether oxygens (including phenoxy) is 1. The molecule has 0 aliphatic rings. The maximum absolute atomic E-state index is 12.5. The van der Waals surface area contributed by atoms with Gasteiger partial charge in [-0.25, -0.2) is 0 Å². The van der Waals surface area contributed by atoms with E-state index in [1.165, 1.54) is 4.90 Å². The summed E-state index contributed by atoms with van der Waals surface area (Å²) in [7, 11) is 1.69. The van der Waals surface area contributed by atoms with Crippen molar-refractivity contribution in [3.63, 3.8) is 0 Å². The molecule has 3 aromatic heterocycles. The van der Waals surface area contributed by atoms with Crippen LogP contribution in [0.25, 0.3) is 10.9 Å². The van der Waals surface area contributed by atoms with Crippen molar-refractivity contribution in [2.24, 2.45) is 0 Å². The van der Waals surface area contributed by atoms with E-state index in [1.54, 1.807) is 19.3 Å². The fourth-order valence-electron chi connectivity index (χ4n) is 2.89. The lowest BCUT2D eigenvalue weighted by Crippen LogP contribution is -2.26. The fourth-order valence-corrected chi connectivity index (χ4v) is 2.89. The van der Waals surface area contributed by atoms with Crippen LogP contribution in [0.15, 0.2) is 63.7 Å². The zero-order valence-corrected chi connectivity index (χ0v) is 15.6. The van der Waals surface area contributed by atoms with Crippen molar-refractivity contribution in [1.29, 1.82) is 0 Å². The Labute approximate surface area is 161 Å². The number of hydrogen-bond acceptors (Lipinski definition) is 6. The second-order valence-corrected chi connectivity index (χ2v) is 6.47. The van der Waals surface area contributed by atoms with Gasteiger partial charge in [0.25, 0.3) is 5.91 Å². The smallest absolute Gasteiger partial charge is 0.276 e. The minimum Gasteiger partial charge on any atom is -0.483 e. The molecule has 4 aromatic rings. The Bertz CT molecular complexity index is 1110. The summed E-state index contributed by atoms with van der Waals surface area (Å²) in [5.74, 6) is 2.37. The Hall–Kier alpha value is -3.61. The van der Waals surface area contributed by atoms with E-state index in [1.807, 2.05) is 49.4 Å². The highest BCUT2D eigenvalue weighted by molar-refractivity contribution is 5.92. The Balaban J connectivity index is 1.41. The number of benzene rings is 1. The maximum Gasteiger partial charge on any atom is 0.276 e. The summed E-state index contributed by atoms with van der Waals surface area (Å²) in [6.45, 7) is 2.37. The standard InChI is InChI=1S/C21H19N3O4/c1-14-8-9-16(27-14)12-24(2)21(25)18-11-17(28-23-18)13-26-19-7-3-5-15-6-4-10-22-20(15)19/h3-11H,12-13H2,1-2H3. The van der Waals surface area contributed by atoms with E-state index in [9.17, 15) is 4.79 Å². The summed E-state index contributed by atoms with van der Waals surface area (Å²) in [6, 6.07) is 14.9. The number of carbonyl (C=O) groups excluding carboxylic acids is 1. The first kappa shape index (κ1) is 17.8. The molecule has 0 aliphatic carbocycles. The largest absolute Gasteiger partial charge is 0.483 e. The van der Waals surface area contributed by atoms with Crippen LogP contribution in [0, 0.1) is 6.92 Å². The van der Waals surface area contributed by atoms with Gasteiger partial charge in [0.2, 0.25) is 0 Å². The van der Waals surface area contributed by atoms with Crippen molar-refractivity contribution in [3.8, 4) is 5.75 Å². The van der Waals surface area contributed by atoms with Crippen molar-refractivity contribution in [3.05, 3.63) is 77.7 Å². The van der Waals surface area contributed by atoms with Gasteiger partial charge >= 0.3 is 0 Å². The number of carbonyl (C=O) groups is 1. The van der Waals surface area contributed by atoms with Crippen molar-refractivity contribution >= 4 is 16.8 Å². The zero-order valence-electron chi connectivity index (χ0n) is 15.6. The third-order valence-electron chi connectivity index (χ3n) is 4.28. The van der Waals surface area contributed by atoms with Crippen LogP contribution >= 0.6 is 0 Å². The van der Waals surface area contributed by atoms with Gasteiger partial charge in [-0.15, -0.1) is 0 Å². The van der Waals surface area contributed by atoms with Crippen molar-refractivity contribution in [1.82, 2.24) is 15.0 Å². The lowest BCUT2D eigenvalue weighted by atomic mass is 10.2. The number of amides is 1. The molecule has 0 saturated heterocycles. The van der Waals surface area contributed by atoms with Gasteiger partial charge in [0.05, 0.1) is 6.54 Å². The summed E-state index contributed by atoms with van der Waals surface area (Å²) in [5.41, 5.74) is 0.995. The molecule has 4 rings (SSSR count). The summed E-state index contributed by atoms with van der Waals surface area (Å²) >= 11 is 0. The van der Waals surface area contributed by atoms with Gasteiger partial charge in [-0.3, -0.25) is 9.78 Å². The number of aromatic nitrogens is 2. The van der Waals surface area contributed by atoms with Gasteiger partial charge < -0.3 is 18.6 Å². The maximum atomic E-state index is 12.5. The van der Waals surface area contributed by atoms with E-state index in [4.69, 9.17) is 13.7 Å². The van der Waals surface area contributed by atoms with Crippen LogP contribution in [0.1, 0.15) is 27.8 Å². The zero-order chi connectivity index (χ0) is 19.5. The molecule has 3 heterocycles. The van der Waals surface area contributed by atoms with Crippen LogP contribution in [-0.2, 0) is 13.2 Å². The predicted octanol–water partition coefficient (Wildman–Crippen LogP) is 3.98. The first-order chi connectivity index (χ1) is 13.6. The summed E-state index contributed by atoms with van der Waals surface area (Å²) in [6.07, 6.45) is 1.72. The number of fused-ring (bicyclic) bond motifs is 1. The third kappa shape index (κ3) is 3.73. The molecule has 0 spiro atoms. The number of nitrogens with zero attached hydrogens (tertiary/aromatic N) is 3. The van der Waals surface area contributed by atoms with Crippen LogP contribution in [0.3, 0.4) is 0 Å². The van der Waals surface area contributed by atoms with Gasteiger partial charge in [-0.1, -0.05) is 23.4 Å². The number of para-hydroxylation sites is 1. The van der Waals surface area contributed by atoms with Crippen LogP contribution < -0.4 is 4.74 Å². The first-order valence-electron chi connectivity index (χ1n) is 8.83. The summed E-state index contributed by atoms with van der Waals surface area (Å²) in [5, 5.41) is 4.86. The van der Waals surface area contributed by atoms with Crippen molar-refractivity contribution in [2.75, 3.05) is 7.05 Å². The second kappa shape index (κ2) is 7.56. The molecule has 0 fully saturated rings. The van der Waals surface area contributed by atoms with E-state index in [2.05, 4.69) is 10.1 Å². The molecule has 7 heteroatoms. The van der Waals surface area contributed by atoms with Crippen LogP contribution in [-0.4, -0.2) is 28.0 Å². The average Bonchev–Trinajstić information content (AvgIpc) is 3.34. The summed E-state index contributed by atoms with van der Waals surface area (Å²) < 4.78 is 16.6. The molecule has 1 amide bonds. The van der Waals surface area contributed by atoms with Gasteiger partial charge in [-0.2, -0.15) is 0 Å². The van der Waals surface area contributed by atoms with E-state index < -0.39 is 0 Å². The number of furan rings is 1. The number of rotatable bonds is 6. The molecule has 28 heavy (non-hydrogen) atoms. The monoisotopic (exact) mass is 377 g/mol. The van der Waals surface area contributed by atoms with E-state index >= 15 is 0 Å².